The predicted molar refractivity (Wildman–Crippen MR) is 498 cm³/mol. The van der Waals surface area contributed by atoms with E-state index in [-0.39, 0.29) is 101 Å². The number of aliphatic hydroxyl groups is 3. The standard InChI is InChI=1S/2C24H32N2O3.C22H31NO4.C19H28O2.C5H10NO2P.C3H3NO2.C2H6.5CH4/c1-23-10-9-19-17(18(23)8-6-16(23)13-25-3)7-5-15-11-20(27)21(12-24(15,19)2)29-22(28)14-26-4;1-23-10-8-19-17(18(23)7-5-15(23)9-11-25)6-4-16-12-20(27)21(13-24(16,19)2)29-22(28)14-26-3;1-21-9-8-16-14(15(21)6-7-19(21)25)5-4-13-10-17(24)18(11-22(13,16)2)27-20(26)12-23-3;1-18-8-7-14-12(13(18)5-6-17(18)20)4-3-11-9-15-16(21-15)10-19(11,14)2;1-4-8-9(3,7)5-6-2;1-4-2-3(5)6;1-2;;;;;/h13,15,17-21,27H,5-12,14H2,1-2H3;9,16-21,27H,4-8,10,12-14H2,1-2H3;13-18,24H,4-12H2,1-2H3;11-16H,3-10H2,1-2H3;4-5H2,1,3H3;2H2,(H,5,6);1-2H3;5*1H4/b16-13-;15-9+;;;;;;;;;;/t15-,17-,18-,19-,20-,21-,23+,24-;16-,17-,18-,19-,20-,21-,23+,24-;13-,14-,15-,16-,17-,18-,21-,22-;11-,12-,13-,14-,15-,16+,18-,19-;;;;;;;;/m0000......../s1. The Morgan fingerprint density at radius 2 is 0.773 bits per heavy atom. The van der Waals surface area contributed by atoms with E-state index in [1.807, 2.05) is 13.8 Å². The summed E-state index contributed by atoms with van der Waals surface area (Å²) >= 11 is 0. The third kappa shape index (κ3) is 21.7. The van der Waals surface area contributed by atoms with Crippen molar-refractivity contribution in [3.63, 3.8) is 0 Å². The van der Waals surface area contributed by atoms with Gasteiger partial charge in [-0.25, -0.2) is 56.9 Å². The van der Waals surface area contributed by atoms with E-state index in [1.165, 1.54) is 82.0 Å². The minimum absolute atomic E-state index is 0. The number of carbonyl (C=O) groups is 6. The number of allylic oxidation sites excluding steroid dienone is 3. The molecule has 0 radical (unpaired) electrons. The van der Waals surface area contributed by atoms with Crippen molar-refractivity contribution in [2.24, 2.45) is 138 Å². The average Bonchev–Trinajstić information content (AvgIpc) is 1.46. The second-order valence-electron chi connectivity index (χ2n) is 42.2. The van der Waals surface area contributed by atoms with Crippen LogP contribution in [0.1, 0.15) is 319 Å². The normalized spacial score (nSPS) is 43.3. The molecule has 1 heterocycles. The van der Waals surface area contributed by atoms with E-state index in [0.29, 0.717) is 151 Å². The molecule has 0 bridgehead atoms. The Hall–Kier alpha value is -6.84. The molecule has 17 aliphatic rings. The van der Waals surface area contributed by atoms with Crippen molar-refractivity contribution in [3.05, 3.63) is 91.9 Å². The zero-order valence-corrected chi connectivity index (χ0v) is 76.5. The number of esters is 3. The van der Waals surface area contributed by atoms with Crippen molar-refractivity contribution >= 4 is 42.8 Å². The molecule has 714 valence electrons. The van der Waals surface area contributed by atoms with Gasteiger partial charge < -0.3 is 68.1 Å². The fraction of sp³-hybridized carbons (Fsp3) is 0.837. The van der Waals surface area contributed by atoms with Crippen molar-refractivity contribution < 1.29 is 77.2 Å². The first-order valence-electron chi connectivity index (χ1n) is 47.0. The van der Waals surface area contributed by atoms with Crippen LogP contribution < -0.4 is 0 Å². The summed E-state index contributed by atoms with van der Waals surface area (Å²) in [5, 5.41) is 48.7. The Balaban J connectivity index is 0.000000246. The van der Waals surface area contributed by atoms with Crippen molar-refractivity contribution in [1.29, 1.82) is 5.26 Å². The molecule has 0 spiro atoms. The van der Waals surface area contributed by atoms with E-state index in [0.717, 1.165) is 120 Å². The second kappa shape index (κ2) is 44.8. The summed E-state index contributed by atoms with van der Waals surface area (Å²) in [6.45, 7) is 65.6. The molecule has 0 amide bonds. The Labute approximate surface area is 770 Å². The predicted octanol–water partition coefficient (Wildman–Crippen LogP) is 22.3. The summed E-state index contributed by atoms with van der Waals surface area (Å²) < 4.78 is 38.3. The lowest BCUT2D eigenvalue weighted by molar-refractivity contribution is -0.182. The number of Topliss-reactive ketones (excluding diaryl/α,β-unsaturated/α-hetero) is 2. The molecule has 128 heavy (non-hydrogen) atoms. The number of hydrogen-bond donors (Lipinski definition) is 4. The van der Waals surface area contributed by atoms with Gasteiger partial charge in [-0.05, 0) is 327 Å². The Morgan fingerprint density at radius 3 is 1.09 bits per heavy atom. The highest BCUT2D eigenvalue weighted by Crippen LogP contribution is 2.72. The summed E-state index contributed by atoms with van der Waals surface area (Å²) in [7, 11) is -2.55. The number of ketones is 2. The minimum Gasteiger partial charge on any atom is -0.476 e. The summed E-state index contributed by atoms with van der Waals surface area (Å²) in [4.78, 5) is 88.5. The molecular formula is C104H162N7O16P. The maximum Gasteiger partial charge on any atom is 0.387 e. The molecule has 0 aromatic carbocycles. The van der Waals surface area contributed by atoms with Crippen LogP contribution in [0.5, 0.6) is 0 Å². The van der Waals surface area contributed by atoms with Gasteiger partial charge in [-0.3, -0.25) is 14.2 Å². The first-order chi connectivity index (χ1) is 58.4. The van der Waals surface area contributed by atoms with Crippen LogP contribution in [0.3, 0.4) is 0 Å². The number of aliphatic hydroxyl groups excluding tert-OH is 3. The number of ether oxygens (including phenoxy) is 4. The van der Waals surface area contributed by atoms with Gasteiger partial charge in [0.15, 0.2) is 6.20 Å². The number of aliphatic carboxylic acids is 1. The van der Waals surface area contributed by atoms with Gasteiger partial charge in [0, 0.05) is 36.4 Å². The fourth-order valence-corrected chi connectivity index (χ4v) is 31.7. The molecule has 1 unspecified atom stereocenters. The summed E-state index contributed by atoms with van der Waals surface area (Å²) in [6, 6.07) is 2.27. The van der Waals surface area contributed by atoms with E-state index < -0.39 is 74.4 Å². The highest BCUT2D eigenvalue weighted by Gasteiger charge is 2.67. The largest absolute Gasteiger partial charge is 0.476 e. The van der Waals surface area contributed by atoms with Gasteiger partial charge >= 0.3 is 50.1 Å². The lowest BCUT2D eigenvalue weighted by atomic mass is 9.44. The van der Waals surface area contributed by atoms with Crippen LogP contribution in [0.25, 0.3) is 29.1 Å². The number of epoxide rings is 1. The highest BCUT2D eigenvalue weighted by molar-refractivity contribution is 7.58. The van der Waals surface area contributed by atoms with Gasteiger partial charge in [-0.2, -0.15) is 5.26 Å². The maximum atomic E-state index is 12.5. The van der Waals surface area contributed by atoms with Gasteiger partial charge in [0.2, 0.25) is 0 Å². The van der Waals surface area contributed by atoms with E-state index in [9.17, 15) is 53.9 Å². The van der Waals surface area contributed by atoms with Crippen molar-refractivity contribution in [1.82, 2.24) is 0 Å². The topological polar surface area (TPSA) is 300 Å². The molecule has 17 fully saturated rings. The van der Waals surface area contributed by atoms with Crippen molar-refractivity contribution in [2.45, 2.75) is 368 Å². The first-order valence-corrected chi connectivity index (χ1v) is 49.2. The lowest BCUT2D eigenvalue weighted by Gasteiger charge is -2.61. The smallest absolute Gasteiger partial charge is 0.387 e. The molecule has 1 saturated heterocycles. The fourth-order valence-electron chi connectivity index (χ4n) is 30.8. The Bertz CT molecular complexity index is 4180. The molecule has 33 atom stereocenters. The summed E-state index contributed by atoms with van der Waals surface area (Å²) in [5.74, 6) is 8.43. The number of rotatable bonds is 10. The number of nitriles is 1. The van der Waals surface area contributed by atoms with E-state index in [2.05, 4.69) is 90.5 Å². The van der Waals surface area contributed by atoms with E-state index in [1.54, 1.807) is 19.2 Å². The van der Waals surface area contributed by atoms with Gasteiger partial charge in [0.1, 0.15) is 29.9 Å². The van der Waals surface area contributed by atoms with Crippen LogP contribution >= 0.6 is 7.37 Å². The maximum absolute atomic E-state index is 12.5. The van der Waals surface area contributed by atoms with Crippen LogP contribution in [0, 0.1) is 189 Å². The number of hydrogen-bond acceptors (Lipinski definition) is 16. The SMILES string of the molecule is C.C.C.C.C.CC.C[C@]12C[C@H]3O[C@H]3C[C@@H]1CC[C@@H]1[C@@H]2CC[C@]2(C)C(=O)CC[C@@H]12.[C-]#[N+]/C=C1/CC[C@H]2[C@@H]3CC[C@H]4C[C@H](O)[C@@H](OC(=O)C[N+]#[C-])C[C@]4(C)[C@H]3CC[C@]12C.[C-]#[N+]CC(=O)O.[C-]#[N+]CC(=O)O[C@H]1C[C@@]2(C)[C@@H](CC[C@@H]3[C@@H]2CC[C@]2(C)/C(=C/C#N)CC[C@@H]32)C[C@@H]1O.[C-]#[N+]CC(=O)O[C@H]1C[C@@]2(C)[C@@H](CC[C@@H]3[C@@H]2CC[C@]2(C)C(=O)CC[C@@H]32)C[C@@H]1O.[C-]#[N+]CP(C)(=O)OCC. The van der Waals surface area contributed by atoms with Crippen LogP contribution in [0.2, 0.25) is 0 Å². The minimum atomic E-state index is -2.55. The number of fused-ring (bicyclic) bond motifs is 21. The number of carboxylic acid groups (broad SMARTS) is 1. The average molecular weight is 1800 g/mol. The van der Waals surface area contributed by atoms with Gasteiger partial charge in [-0.15, -0.1) is 0 Å². The van der Waals surface area contributed by atoms with Crippen molar-refractivity contribution in [3.8, 4) is 6.07 Å². The van der Waals surface area contributed by atoms with Crippen LogP contribution in [0.15, 0.2) is 23.4 Å². The molecule has 24 heteroatoms. The third-order valence-corrected chi connectivity index (χ3v) is 38.3. The zero-order chi connectivity index (χ0) is 89.7. The quantitative estimate of drug-likeness (QED) is 0.0394. The molecule has 16 aliphatic carbocycles. The molecule has 17 rings (SSSR count). The second-order valence-corrected chi connectivity index (χ2v) is 44.8. The number of carbonyl (C=O) groups excluding carboxylic acids is 5. The Kier molecular flexibility index (Phi) is 38.5. The Morgan fingerprint density at radius 1 is 0.453 bits per heavy atom. The van der Waals surface area contributed by atoms with Crippen LogP contribution in [-0.4, -0.2) is 150 Å². The first kappa shape index (κ1) is 110. The van der Waals surface area contributed by atoms with Crippen LogP contribution in [-0.2, 0) is 56.8 Å². The lowest BCUT2D eigenvalue weighted by Crippen LogP contribution is -2.57. The van der Waals surface area contributed by atoms with Gasteiger partial charge in [-0.1, -0.05) is 118 Å². The molecule has 4 N–H and O–H groups in total. The van der Waals surface area contributed by atoms with Gasteiger partial charge in [0.25, 0.3) is 13.7 Å². The van der Waals surface area contributed by atoms with Gasteiger partial charge in [0.05, 0.1) is 49.8 Å². The molecule has 1 aliphatic heterocycles. The molecule has 0 aromatic heterocycles. The third-order valence-electron chi connectivity index (χ3n) is 36.9. The van der Waals surface area contributed by atoms with E-state index in [4.69, 9.17) is 68.0 Å². The number of nitrogens with zero attached hydrogens (tertiary/aromatic N) is 7. The van der Waals surface area contributed by atoms with E-state index >= 15 is 0 Å². The monoisotopic (exact) mass is 1800 g/mol. The highest BCUT2D eigenvalue weighted by atomic mass is 31.2. The number of carboxylic acids is 1. The molecule has 23 nitrogen and oxygen atoms in total. The molecular weight excluding hydrogens is 1630 g/mol. The summed E-state index contributed by atoms with van der Waals surface area (Å²) in [6.07, 6.45) is 35.3. The zero-order valence-electron chi connectivity index (χ0n) is 75.6. The molecule has 0 aromatic rings. The molecule has 16 saturated carbocycles. The summed E-state index contributed by atoms with van der Waals surface area (Å²) in [5.41, 5.74) is 3.63. The van der Waals surface area contributed by atoms with Crippen LogP contribution in [0.4, 0.5) is 0 Å². The van der Waals surface area contributed by atoms with Crippen molar-refractivity contribution in [2.75, 3.05) is 45.7 Å².